The van der Waals surface area contributed by atoms with Crippen LogP contribution in [0.1, 0.15) is 80.6 Å². The van der Waals surface area contributed by atoms with Gasteiger partial charge in [-0.25, -0.2) is 0 Å². The normalized spacial score (nSPS) is 22.5. The largest absolute Gasteiger partial charge is 0.481 e. The van der Waals surface area contributed by atoms with E-state index >= 15 is 0 Å². The van der Waals surface area contributed by atoms with Crippen LogP contribution in [-0.2, 0) is 14.4 Å². The second-order valence-electron chi connectivity index (χ2n) is 11.2. The van der Waals surface area contributed by atoms with E-state index in [9.17, 15) is 19.5 Å². The Labute approximate surface area is 176 Å². The second kappa shape index (κ2) is 9.48. The van der Waals surface area contributed by atoms with E-state index in [0.29, 0.717) is 25.9 Å². The molecule has 1 aliphatic carbocycles. The fourth-order valence-electron chi connectivity index (χ4n) is 4.46. The van der Waals surface area contributed by atoms with E-state index in [1.807, 2.05) is 6.92 Å². The van der Waals surface area contributed by atoms with Crippen LogP contribution in [0.2, 0.25) is 0 Å². The fraction of sp³-hybridized carbons (Fsp3) is 0.870. The zero-order valence-electron chi connectivity index (χ0n) is 19.7. The number of hydrogen-bond acceptors (Lipinski definition) is 3. The van der Waals surface area contributed by atoms with Gasteiger partial charge in [-0.3, -0.25) is 14.4 Å². The molecule has 0 saturated heterocycles. The highest BCUT2D eigenvalue weighted by Gasteiger charge is 2.47. The van der Waals surface area contributed by atoms with Crippen molar-refractivity contribution in [3.05, 3.63) is 0 Å². The molecule has 1 fully saturated rings. The summed E-state index contributed by atoms with van der Waals surface area (Å²) in [5.74, 6) is -2.08. The Kier molecular flexibility index (Phi) is 8.32. The van der Waals surface area contributed by atoms with Gasteiger partial charge in [-0.1, -0.05) is 61.3 Å². The lowest BCUT2D eigenvalue weighted by Gasteiger charge is -2.46. The number of carboxylic acid groups (broad SMARTS) is 1. The van der Waals surface area contributed by atoms with E-state index in [-0.39, 0.29) is 22.6 Å². The van der Waals surface area contributed by atoms with Gasteiger partial charge in [0.25, 0.3) is 0 Å². The van der Waals surface area contributed by atoms with Crippen molar-refractivity contribution in [2.45, 2.75) is 80.6 Å². The molecule has 168 valence electrons. The SMILES string of the molecule is CN(CCNC(=O)C1CCCCC1C(=O)O)C(=O)C(C)(CC(C)(C)C)C(C)(C)C. The molecule has 1 aliphatic rings. The molecule has 1 saturated carbocycles. The highest BCUT2D eigenvalue weighted by molar-refractivity contribution is 5.85. The van der Waals surface area contributed by atoms with Crippen molar-refractivity contribution in [1.82, 2.24) is 10.2 Å². The lowest BCUT2D eigenvalue weighted by Crippen LogP contribution is -2.51. The quantitative estimate of drug-likeness (QED) is 0.665. The third-order valence-corrected chi connectivity index (χ3v) is 6.52. The molecule has 0 bridgehead atoms. The smallest absolute Gasteiger partial charge is 0.307 e. The Bertz CT molecular complexity index is 603. The molecule has 0 heterocycles. The van der Waals surface area contributed by atoms with E-state index in [1.165, 1.54) is 0 Å². The Balaban J connectivity index is 2.72. The molecule has 29 heavy (non-hydrogen) atoms. The zero-order chi connectivity index (χ0) is 22.6. The van der Waals surface area contributed by atoms with Crippen molar-refractivity contribution >= 4 is 17.8 Å². The van der Waals surface area contributed by atoms with Crippen LogP contribution in [0.25, 0.3) is 0 Å². The number of amides is 2. The number of aliphatic carboxylic acids is 1. The second-order valence-corrected chi connectivity index (χ2v) is 11.2. The van der Waals surface area contributed by atoms with Crippen molar-refractivity contribution < 1.29 is 19.5 Å². The van der Waals surface area contributed by atoms with Gasteiger partial charge in [0.15, 0.2) is 0 Å². The first-order chi connectivity index (χ1) is 13.1. The molecular formula is C23H42N2O4. The molecule has 3 atom stereocenters. The lowest BCUT2D eigenvalue weighted by molar-refractivity contribution is -0.149. The third kappa shape index (κ3) is 6.71. The number of rotatable bonds is 7. The van der Waals surface area contributed by atoms with Crippen LogP contribution in [-0.4, -0.2) is 47.9 Å². The minimum absolute atomic E-state index is 0.0135. The summed E-state index contributed by atoms with van der Waals surface area (Å²) in [7, 11) is 1.78. The predicted octanol–water partition coefficient (Wildman–Crippen LogP) is 3.94. The average molecular weight is 411 g/mol. The lowest BCUT2D eigenvalue weighted by atomic mass is 9.60. The summed E-state index contributed by atoms with van der Waals surface area (Å²) in [5.41, 5.74) is -0.715. The number of likely N-dealkylation sites (N-methyl/N-ethyl adjacent to an activating group) is 1. The number of nitrogens with zero attached hydrogens (tertiary/aromatic N) is 1. The average Bonchev–Trinajstić information content (AvgIpc) is 2.58. The third-order valence-electron chi connectivity index (χ3n) is 6.52. The van der Waals surface area contributed by atoms with E-state index in [1.54, 1.807) is 11.9 Å². The molecule has 0 radical (unpaired) electrons. The number of carboxylic acids is 1. The number of hydrogen-bond donors (Lipinski definition) is 2. The monoisotopic (exact) mass is 410 g/mol. The van der Waals surface area contributed by atoms with Gasteiger partial charge in [-0.15, -0.1) is 0 Å². The molecule has 0 aromatic rings. The van der Waals surface area contributed by atoms with Gasteiger partial charge in [0.2, 0.25) is 11.8 Å². The van der Waals surface area contributed by atoms with Gasteiger partial charge in [0.1, 0.15) is 0 Å². The standard InChI is InChI=1S/C23H42N2O4/c1-21(2,3)15-23(7,22(4,5)6)20(29)25(8)14-13-24-18(26)16-11-9-10-12-17(16)19(27)28/h16-17H,9-15H2,1-8H3,(H,24,26)(H,27,28). The maximum Gasteiger partial charge on any atom is 0.307 e. The first kappa shape index (κ1) is 25.4. The van der Waals surface area contributed by atoms with Crippen LogP contribution >= 0.6 is 0 Å². The summed E-state index contributed by atoms with van der Waals surface area (Å²) < 4.78 is 0. The van der Waals surface area contributed by atoms with Crippen molar-refractivity contribution in [3.8, 4) is 0 Å². The molecule has 6 heteroatoms. The van der Waals surface area contributed by atoms with Crippen LogP contribution in [0, 0.1) is 28.1 Å². The first-order valence-corrected chi connectivity index (χ1v) is 10.9. The van der Waals surface area contributed by atoms with Crippen LogP contribution in [0.15, 0.2) is 0 Å². The first-order valence-electron chi connectivity index (χ1n) is 10.9. The molecule has 0 aliphatic heterocycles. The fourth-order valence-corrected chi connectivity index (χ4v) is 4.46. The zero-order valence-corrected chi connectivity index (χ0v) is 19.7. The van der Waals surface area contributed by atoms with Gasteiger partial charge in [-0.2, -0.15) is 0 Å². The number of nitrogens with one attached hydrogen (secondary N) is 1. The summed E-state index contributed by atoms with van der Waals surface area (Å²) in [6, 6.07) is 0. The van der Waals surface area contributed by atoms with Crippen LogP contribution in [0.4, 0.5) is 0 Å². The Hall–Kier alpha value is -1.59. The Morgan fingerprint density at radius 3 is 1.93 bits per heavy atom. The minimum atomic E-state index is -0.889. The van der Waals surface area contributed by atoms with Gasteiger partial charge < -0.3 is 15.3 Å². The highest BCUT2D eigenvalue weighted by Crippen LogP contribution is 2.47. The molecular weight excluding hydrogens is 368 g/mol. The van der Waals surface area contributed by atoms with Crippen molar-refractivity contribution in [2.75, 3.05) is 20.1 Å². The molecule has 0 aromatic heterocycles. The number of carbonyl (C=O) groups is 3. The van der Waals surface area contributed by atoms with Crippen LogP contribution < -0.4 is 5.32 Å². The maximum atomic E-state index is 13.3. The summed E-state index contributed by atoms with van der Waals surface area (Å²) in [6.45, 7) is 15.5. The predicted molar refractivity (Wildman–Crippen MR) is 115 cm³/mol. The van der Waals surface area contributed by atoms with E-state index in [0.717, 1.165) is 19.3 Å². The minimum Gasteiger partial charge on any atom is -0.481 e. The van der Waals surface area contributed by atoms with Crippen molar-refractivity contribution in [1.29, 1.82) is 0 Å². The van der Waals surface area contributed by atoms with Gasteiger partial charge >= 0.3 is 5.97 Å². The molecule has 1 rings (SSSR count). The topological polar surface area (TPSA) is 86.7 Å². The van der Waals surface area contributed by atoms with Gasteiger partial charge in [0, 0.05) is 20.1 Å². The van der Waals surface area contributed by atoms with Crippen LogP contribution in [0.5, 0.6) is 0 Å². The molecule has 6 nitrogen and oxygen atoms in total. The van der Waals surface area contributed by atoms with Crippen LogP contribution in [0.3, 0.4) is 0 Å². The van der Waals surface area contributed by atoms with Gasteiger partial charge in [0.05, 0.1) is 17.3 Å². The molecule has 2 amide bonds. The molecule has 2 N–H and O–H groups in total. The Morgan fingerprint density at radius 2 is 1.48 bits per heavy atom. The van der Waals surface area contributed by atoms with E-state index < -0.39 is 23.2 Å². The summed E-state index contributed by atoms with van der Waals surface area (Å²) in [6.07, 6.45) is 3.68. The highest BCUT2D eigenvalue weighted by atomic mass is 16.4. The maximum absolute atomic E-state index is 13.3. The van der Waals surface area contributed by atoms with Crippen molar-refractivity contribution in [3.63, 3.8) is 0 Å². The molecule has 0 spiro atoms. The van der Waals surface area contributed by atoms with E-state index in [4.69, 9.17) is 0 Å². The molecule has 0 aromatic carbocycles. The van der Waals surface area contributed by atoms with Crippen molar-refractivity contribution in [2.24, 2.45) is 28.1 Å². The van der Waals surface area contributed by atoms with E-state index in [2.05, 4.69) is 46.9 Å². The number of carbonyl (C=O) groups excluding carboxylic acids is 2. The summed E-state index contributed by atoms with van der Waals surface area (Å²) in [5, 5.41) is 12.2. The molecule has 3 unspecified atom stereocenters. The summed E-state index contributed by atoms with van der Waals surface area (Å²) in [4.78, 5) is 39.0. The summed E-state index contributed by atoms with van der Waals surface area (Å²) >= 11 is 0. The Morgan fingerprint density at radius 1 is 0.966 bits per heavy atom. The van der Waals surface area contributed by atoms with Gasteiger partial charge in [-0.05, 0) is 30.1 Å².